The minimum atomic E-state index is -0.0427. The van der Waals surface area contributed by atoms with Gasteiger partial charge in [0, 0.05) is 31.9 Å². The van der Waals surface area contributed by atoms with Gasteiger partial charge in [-0.2, -0.15) is 0 Å². The zero-order valence-corrected chi connectivity index (χ0v) is 13.3. The summed E-state index contributed by atoms with van der Waals surface area (Å²) in [6, 6.07) is 1.87. The highest BCUT2D eigenvalue weighted by Gasteiger charge is 2.20. The molecule has 4 nitrogen and oxygen atoms in total. The Hall–Kier alpha value is -1.86. The Morgan fingerprint density at radius 3 is 2.76 bits per heavy atom. The van der Waals surface area contributed by atoms with Crippen LogP contribution in [0.5, 0.6) is 0 Å². The third kappa shape index (κ3) is 5.20. The second-order valence-corrected chi connectivity index (χ2v) is 5.59. The van der Waals surface area contributed by atoms with E-state index in [1.165, 1.54) is 0 Å². The van der Waals surface area contributed by atoms with Gasteiger partial charge in [-0.15, -0.1) is 0 Å². The normalized spacial score (nSPS) is 11.7. The first kappa shape index (κ1) is 17.2. The maximum atomic E-state index is 12.6. The van der Waals surface area contributed by atoms with Gasteiger partial charge in [-0.25, -0.2) is 0 Å². The highest BCUT2D eigenvalue weighted by molar-refractivity contribution is 5.96. The second kappa shape index (κ2) is 8.43. The summed E-state index contributed by atoms with van der Waals surface area (Å²) in [5.74, 6) is 6.24. The Labute approximate surface area is 127 Å². The lowest BCUT2D eigenvalue weighted by Gasteiger charge is -2.26. The molecule has 0 aliphatic carbocycles. The maximum Gasteiger partial charge on any atom is 0.255 e. The molecule has 0 aliphatic heterocycles. The number of pyridine rings is 1. The van der Waals surface area contributed by atoms with Gasteiger partial charge in [0.15, 0.2) is 0 Å². The van der Waals surface area contributed by atoms with Crippen LogP contribution in [0.2, 0.25) is 0 Å². The molecular weight excluding hydrogens is 264 g/mol. The molecule has 0 spiro atoms. The number of aliphatic hydroxyl groups is 1. The van der Waals surface area contributed by atoms with Gasteiger partial charge < -0.3 is 10.0 Å². The molecule has 1 atom stereocenters. The summed E-state index contributed by atoms with van der Waals surface area (Å²) in [6.07, 6.45) is 4.55. The third-order valence-corrected chi connectivity index (χ3v) is 3.31. The van der Waals surface area contributed by atoms with Crippen molar-refractivity contribution < 1.29 is 9.90 Å². The number of nitrogens with zero attached hydrogens (tertiary/aromatic N) is 2. The quantitative estimate of drug-likeness (QED) is 0.846. The van der Waals surface area contributed by atoms with E-state index >= 15 is 0 Å². The number of aliphatic hydroxyl groups excluding tert-OH is 1. The molecule has 21 heavy (non-hydrogen) atoms. The van der Waals surface area contributed by atoms with Crippen LogP contribution in [-0.2, 0) is 0 Å². The van der Waals surface area contributed by atoms with Crippen molar-refractivity contribution >= 4 is 5.91 Å². The summed E-state index contributed by atoms with van der Waals surface area (Å²) in [4.78, 5) is 18.4. The molecule has 0 aromatic carbocycles. The minimum absolute atomic E-state index is 0.0157. The van der Waals surface area contributed by atoms with Crippen LogP contribution in [0.4, 0.5) is 0 Å². The Kier molecular flexibility index (Phi) is 6.90. The van der Waals surface area contributed by atoms with E-state index in [0.717, 1.165) is 6.42 Å². The van der Waals surface area contributed by atoms with E-state index in [1.54, 1.807) is 23.4 Å². The molecule has 1 aromatic rings. The molecule has 1 heterocycles. The van der Waals surface area contributed by atoms with Crippen LogP contribution >= 0.6 is 0 Å². The van der Waals surface area contributed by atoms with Gasteiger partial charge in [0.2, 0.25) is 0 Å². The Balaban J connectivity index is 2.95. The van der Waals surface area contributed by atoms with Crippen LogP contribution < -0.4 is 0 Å². The van der Waals surface area contributed by atoms with Crippen molar-refractivity contribution in [1.82, 2.24) is 9.88 Å². The molecule has 1 aromatic heterocycles. The smallest absolute Gasteiger partial charge is 0.255 e. The van der Waals surface area contributed by atoms with Crippen molar-refractivity contribution in [2.45, 2.75) is 39.7 Å². The summed E-state index contributed by atoms with van der Waals surface area (Å²) >= 11 is 0. The van der Waals surface area contributed by atoms with Gasteiger partial charge in [0.05, 0.1) is 17.7 Å². The van der Waals surface area contributed by atoms with Gasteiger partial charge >= 0.3 is 0 Å². The topological polar surface area (TPSA) is 53.4 Å². The first-order valence-corrected chi connectivity index (χ1v) is 7.28. The van der Waals surface area contributed by atoms with Crippen LogP contribution in [0.25, 0.3) is 0 Å². The van der Waals surface area contributed by atoms with Gasteiger partial charge in [-0.3, -0.25) is 9.78 Å². The largest absolute Gasteiger partial charge is 0.395 e. The van der Waals surface area contributed by atoms with Crippen molar-refractivity contribution in [2.24, 2.45) is 5.92 Å². The van der Waals surface area contributed by atoms with Gasteiger partial charge in [-0.1, -0.05) is 25.7 Å². The second-order valence-electron chi connectivity index (χ2n) is 5.59. The van der Waals surface area contributed by atoms with Gasteiger partial charge in [0.1, 0.15) is 0 Å². The Morgan fingerprint density at radius 1 is 1.43 bits per heavy atom. The number of carbonyl (C=O) groups excluding carboxylic acids is 1. The van der Waals surface area contributed by atoms with Crippen molar-refractivity contribution in [3.05, 3.63) is 29.6 Å². The highest BCUT2D eigenvalue weighted by Crippen LogP contribution is 2.15. The summed E-state index contributed by atoms with van der Waals surface area (Å²) in [7, 11) is 1.82. The number of hydrogen-bond acceptors (Lipinski definition) is 3. The molecule has 0 saturated carbocycles. The first-order valence-electron chi connectivity index (χ1n) is 7.28. The van der Waals surface area contributed by atoms with Crippen LogP contribution in [0.3, 0.4) is 0 Å². The van der Waals surface area contributed by atoms with Crippen LogP contribution in [0.1, 0.15) is 49.5 Å². The molecule has 0 radical (unpaired) electrons. The fraction of sp³-hybridized carbons (Fsp3) is 0.529. The number of hydrogen-bond donors (Lipinski definition) is 1. The number of rotatable bonds is 5. The van der Waals surface area contributed by atoms with E-state index in [2.05, 4.69) is 37.6 Å². The van der Waals surface area contributed by atoms with Gasteiger partial charge in [-0.05, 0) is 25.3 Å². The summed E-state index contributed by atoms with van der Waals surface area (Å²) in [5, 5.41) is 8.77. The number of amides is 1. The van der Waals surface area contributed by atoms with E-state index in [0.29, 0.717) is 23.5 Å². The molecule has 0 saturated heterocycles. The molecule has 1 N–H and O–H groups in total. The lowest BCUT2D eigenvalue weighted by atomic mass is 10.0. The van der Waals surface area contributed by atoms with E-state index in [4.69, 9.17) is 5.11 Å². The summed E-state index contributed by atoms with van der Waals surface area (Å²) < 4.78 is 0. The fourth-order valence-corrected chi connectivity index (χ4v) is 2.12. The molecule has 0 bridgehead atoms. The molecule has 0 aliphatic rings. The fourth-order valence-electron chi connectivity index (χ4n) is 2.12. The monoisotopic (exact) mass is 288 g/mol. The Bertz CT molecular complexity index is 529. The third-order valence-electron chi connectivity index (χ3n) is 3.31. The lowest BCUT2D eigenvalue weighted by Crippen LogP contribution is -2.36. The number of carbonyl (C=O) groups is 1. The Morgan fingerprint density at radius 2 is 2.14 bits per heavy atom. The van der Waals surface area contributed by atoms with Crippen molar-refractivity contribution in [3.63, 3.8) is 0 Å². The standard InChI is InChI=1S/C17H24N2O2/c1-13(2)11-14(3)19(4)17(21)16-8-9-18-12-15(16)7-5-6-10-20/h8-9,12-14,20H,6,10-11H2,1-4H3. The summed E-state index contributed by atoms with van der Waals surface area (Å²) in [5.41, 5.74) is 1.17. The zero-order chi connectivity index (χ0) is 15.8. The predicted octanol–water partition coefficient (Wildman–Crippen LogP) is 2.32. The highest BCUT2D eigenvalue weighted by atomic mass is 16.2. The van der Waals surface area contributed by atoms with Crippen molar-refractivity contribution in [2.75, 3.05) is 13.7 Å². The number of aromatic nitrogens is 1. The molecule has 0 fully saturated rings. The maximum absolute atomic E-state index is 12.6. The van der Waals surface area contributed by atoms with Crippen molar-refractivity contribution in [1.29, 1.82) is 0 Å². The predicted molar refractivity (Wildman–Crippen MR) is 83.8 cm³/mol. The summed E-state index contributed by atoms with van der Waals surface area (Å²) in [6.45, 7) is 6.36. The average Bonchev–Trinajstić information content (AvgIpc) is 2.46. The van der Waals surface area contributed by atoms with E-state index in [1.807, 2.05) is 7.05 Å². The van der Waals surface area contributed by atoms with E-state index in [9.17, 15) is 4.79 Å². The zero-order valence-electron chi connectivity index (χ0n) is 13.3. The van der Waals surface area contributed by atoms with Crippen LogP contribution in [0.15, 0.2) is 18.5 Å². The van der Waals surface area contributed by atoms with E-state index < -0.39 is 0 Å². The first-order chi connectivity index (χ1) is 9.97. The molecule has 1 unspecified atom stereocenters. The SMILES string of the molecule is CC(C)CC(C)N(C)C(=O)c1ccncc1C#CCCO. The lowest BCUT2D eigenvalue weighted by molar-refractivity contribution is 0.0728. The molecule has 4 heteroatoms. The molecular formula is C17H24N2O2. The van der Waals surface area contributed by atoms with Gasteiger partial charge in [0.25, 0.3) is 5.91 Å². The molecule has 114 valence electrons. The molecule has 1 amide bonds. The minimum Gasteiger partial charge on any atom is -0.395 e. The molecule has 1 rings (SSSR count). The van der Waals surface area contributed by atoms with Crippen LogP contribution in [0, 0.1) is 17.8 Å². The average molecular weight is 288 g/mol. The van der Waals surface area contributed by atoms with Crippen LogP contribution in [-0.4, -0.2) is 40.6 Å². The van der Waals surface area contributed by atoms with Crippen molar-refractivity contribution in [3.8, 4) is 11.8 Å². The van der Waals surface area contributed by atoms with E-state index in [-0.39, 0.29) is 18.6 Å².